The molecule has 1 fully saturated rings. The highest BCUT2D eigenvalue weighted by Gasteiger charge is 2.31. The minimum atomic E-state index is -0.0389. The standard InChI is InChI=1S/C21H25N5O/c1-3-15-7-5-8-17(13-15)23-21(27)25-12-10-16(14-25)19-24-18-9-6-11-22-20(18)26(19)4-2/h5-9,11,13,16H,3-4,10,12,14H2,1-2H3,(H,23,27). The van der Waals surface area contributed by atoms with E-state index in [1.54, 1.807) is 6.20 Å². The highest BCUT2D eigenvalue weighted by Crippen LogP contribution is 2.29. The van der Waals surface area contributed by atoms with E-state index in [9.17, 15) is 4.79 Å². The fourth-order valence-electron chi connectivity index (χ4n) is 3.83. The molecule has 1 N–H and O–H groups in total. The third-order valence-corrected chi connectivity index (χ3v) is 5.28. The molecule has 1 atom stereocenters. The molecule has 0 spiro atoms. The number of aromatic nitrogens is 3. The van der Waals surface area contributed by atoms with Crippen molar-refractivity contribution in [3.8, 4) is 0 Å². The van der Waals surface area contributed by atoms with Crippen LogP contribution in [0.4, 0.5) is 10.5 Å². The Bertz CT molecular complexity index is 964. The predicted octanol–water partition coefficient (Wildman–Crippen LogP) is 4.04. The zero-order valence-electron chi connectivity index (χ0n) is 15.9. The SMILES string of the molecule is CCc1cccc(NC(=O)N2CCC(c3nc4cccnc4n3CC)C2)c1. The number of hydrogen-bond donors (Lipinski definition) is 1. The fraction of sp³-hybridized carbons (Fsp3) is 0.381. The van der Waals surface area contributed by atoms with Crippen molar-refractivity contribution in [3.05, 3.63) is 54.0 Å². The van der Waals surface area contributed by atoms with Gasteiger partial charge in [0, 0.05) is 37.4 Å². The number of carbonyl (C=O) groups excluding carboxylic acids is 1. The Balaban J connectivity index is 1.49. The zero-order chi connectivity index (χ0) is 18.8. The number of hydrogen-bond acceptors (Lipinski definition) is 3. The molecule has 3 aromatic rings. The lowest BCUT2D eigenvalue weighted by molar-refractivity contribution is 0.222. The van der Waals surface area contributed by atoms with Gasteiger partial charge in [-0.15, -0.1) is 0 Å². The van der Waals surface area contributed by atoms with Crippen molar-refractivity contribution < 1.29 is 4.79 Å². The maximum absolute atomic E-state index is 12.7. The van der Waals surface area contributed by atoms with Crippen molar-refractivity contribution in [2.24, 2.45) is 0 Å². The number of benzene rings is 1. The molecule has 4 rings (SSSR count). The minimum absolute atomic E-state index is 0.0389. The molecule has 2 amide bonds. The smallest absolute Gasteiger partial charge is 0.321 e. The van der Waals surface area contributed by atoms with Gasteiger partial charge >= 0.3 is 6.03 Å². The molecule has 1 aromatic carbocycles. The Kier molecular flexibility index (Phi) is 4.79. The van der Waals surface area contributed by atoms with Gasteiger partial charge in [0.15, 0.2) is 5.65 Å². The molecular weight excluding hydrogens is 338 g/mol. The van der Waals surface area contributed by atoms with Crippen LogP contribution in [-0.2, 0) is 13.0 Å². The van der Waals surface area contributed by atoms with Gasteiger partial charge in [-0.05, 0) is 49.6 Å². The number of anilines is 1. The summed E-state index contributed by atoms with van der Waals surface area (Å²) in [5.74, 6) is 1.28. The van der Waals surface area contributed by atoms with E-state index in [1.165, 1.54) is 5.56 Å². The van der Waals surface area contributed by atoms with Crippen molar-refractivity contribution in [1.29, 1.82) is 0 Å². The van der Waals surface area contributed by atoms with Crippen molar-refractivity contribution in [2.75, 3.05) is 18.4 Å². The monoisotopic (exact) mass is 363 g/mol. The number of carbonyl (C=O) groups is 1. The Morgan fingerprint density at radius 3 is 2.96 bits per heavy atom. The lowest BCUT2D eigenvalue weighted by Gasteiger charge is -2.18. The highest BCUT2D eigenvalue weighted by molar-refractivity contribution is 5.89. The number of urea groups is 1. The van der Waals surface area contributed by atoms with Crippen LogP contribution in [-0.4, -0.2) is 38.6 Å². The maximum atomic E-state index is 12.7. The first-order chi connectivity index (χ1) is 13.2. The molecule has 0 radical (unpaired) electrons. The van der Waals surface area contributed by atoms with E-state index in [4.69, 9.17) is 4.98 Å². The topological polar surface area (TPSA) is 63.1 Å². The normalized spacial score (nSPS) is 16.8. The van der Waals surface area contributed by atoms with E-state index in [-0.39, 0.29) is 11.9 Å². The number of amides is 2. The molecule has 27 heavy (non-hydrogen) atoms. The molecule has 3 heterocycles. The average molecular weight is 363 g/mol. The summed E-state index contributed by atoms with van der Waals surface area (Å²) in [5, 5.41) is 3.03. The van der Waals surface area contributed by atoms with Gasteiger partial charge in [0.05, 0.1) is 0 Å². The number of likely N-dealkylation sites (tertiary alicyclic amines) is 1. The van der Waals surface area contributed by atoms with Gasteiger partial charge in [-0.2, -0.15) is 0 Å². The van der Waals surface area contributed by atoms with Crippen LogP contribution in [0, 0.1) is 0 Å². The van der Waals surface area contributed by atoms with Gasteiger partial charge in [-0.1, -0.05) is 19.1 Å². The molecule has 0 bridgehead atoms. The molecule has 6 heteroatoms. The van der Waals surface area contributed by atoms with Gasteiger partial charge < -0.3 is 14.8 Å². The van der Waals surface area contributed by atoms with Gasteiger partial charge in [-0.25, -0.2) is 14.8 Å². The zero-order valence-corrected chi connectivity index (χ0v) is 15.9. The summed E-state index contributed by atoms with van der Waals surface area (Å²) >= 11 is 0. The summed E-state index contributed by atoms with van der Waals surface area (Å²) in [4.78, 5) is 23.9. The largest absolute Gasteiger partial charge is 0.324 e. The number of rotatable bonds is 4. The summed E-state index contributed by atoms with van der Waals surface area (Å²) in [6.45, 7) is 6.47. The fourth-order valence-corrected chi connectivity index (χ4v) is 3.83. The number of aryl methyl sites for hydroxylation is 2. The van der Waals surface area contributed by atoms with Crippen molar-refractivity contribution in [3.63, 3.8) is 0 Å². The molecule has 1 aliphatic heterocycles. The quantitative estimate of drug-likeness (QED) is 0.761. The minimum Gasteiger partial charge on any atom is -0.324 e. The van der Waals surface area contributed by atoms with Crippen LogP contribution < -0.4 is 5.32 Å². The van der Waals surface area contributed by atoms with Crippen molar-refractivity contribution >= 4 is 22.9 Å². The molecule has 0 aliphatic carbocycles. The van der Waals surface area contributed by atoms with Crippen LogP contribution in [0.3, 0.4) is 0 Å². The highest BCUT2D eigenvalue weighted by atomic mass is 16.2. The Labute approximate surface area is 159 Å². The molecule has 2 aromatic heterocycles. The molecule has 1 unspecified atom stereocenters. The average Bonchev–Trinajstić information content (AvgIpc) is 3.32. The Morgan fingerprint density at radius 1 is 1.26 bits per heavy atom. The van der Waals surface area contributed by atoms with Crippen molar-refractivity contribution in [2.45, 2.75) is 39.2 Å². The maximum Gasteiger partial charge on any atom is 0.321 e. The van der Waals surface area contributed by atoms with E-state index in [2.05, 4.69) is 34.8 Å². The predicted molar refractivity (Wildman–Crippen MR) is 107 cm³/mol. The van der Waals surface area contributed by atoms with E-state index in [0.717, 1.165) is 48.6 Å². The summed E-state index contributed by atoms with van der Waals surface area (Å²) in [5.41, 5.74) is 3.92. The lowest BCUT2D eigenvalue weighted by atomic mass is 10.1. The van der Waals surface area contributed by atoms with E-state index < -0.39 is 0 Å². The number of imidazole rings is 1. The number of pyridine rings is 1. The van der Waals surface area contributed by atoms with E-state index in [0.29, 0.717) is 6.54 Å². The molecule has 0 saturated carbocycles. The van der Waals surface area contributed by atoms with Crippen LogP contribution in [0.5, 0.6) is 0 Å². The Morgan fingerprint density at radius 2 is 2.15 bits per heavy atom. The summed E-state index contributed by atoms with van der Waals surface area (Å²) in [7, 11) is 0. The van der Waals surface area contributed by atoms with Gasteiger partial charge in [0.2, 0.25) is 0 Å². The molecule has 6 nitrogen and oxygen atoms in total. The molecule has 140 valence electrons. The third kappa shape index (κ3) is 3.39. The van der Waals surface area contributed by atoms with Gasteiger partial charge in [-0.3, -0.25) is 0 Å². The first-order valence-corrected chi connectivity index (χ1v) is 9.65. The number of nitrogens with one attached hydrogen (secondary N) is 1. The Hall–Kier alpha value is -2.89. The van der Waals surface area contributed by atoms with Crippen molar-refractivity contribution in [1.82, 2.24) is 19.4 Å². The second-order valence-corrected chi connectivity index (χ2v) is 6.98. The third-order valence-electron chi connectivity index (χ3n) is 5.28. The number of nitrogens with zero attached hydrogens (tertiary/aromatic N) is 4. The summed E-state index contributed by atoms with van der Waals surface area (Å²) in [6, 6.07) is 11.9. The lowest BCUT2D eigenvalue weighted by Crippen LogP contribution is -2.33. The molecular formula is C21H25N5O. The molecule has 1 aliphatic rings. The summed E-state index contributed by atoms with van der Waals surface area (Å²) < 4.78 is 2.17. The van der Waals surface area contributed by atoms with E-state index in [1.807, 2.05) is 35.2 Å². The second kappa shape index (κ2) is 7.39. The van der Waals surface area contributed by atoms with Gasteiger partial charge in [0.1, 0.15) is 11.3 Å². The van der Waals surface area contributed by atoms with Crippen LogP contribution in [0.15, 0.2) is 42.6 Å². The van der Waals surface area contributed by atoms with Crippen LogP contribution in [0.1, 0.15) is 37.6 Å². The van der Waals surface area contributed by atoms with Crippen LogP contribution in [0.2, 0.25) is 0 Å². The van der Waals surface area contributed by atoms with Crippen LogP contribution in [0.25, 0.3) is 11.2 Å². The first-order valence-electron chi connectivity index (χ1n) is 9.65. The summed E-state index contributed by atoms with van der Waals surface area (Å²) in [6.07, 6.45) is 3.68. The van der Waals surface area contributed by atoms with E-state index >= 15 is 0 Å². The second-order valence-electron chi connectivity index (χ2n) is 6.98. The van der Waals surface area contributed by atoms with Crippen LogP contribution >= 0.6 is 0 Å². The molecule has 1 saturated heterocycles. The number of fused-ring (bicyclic) bond motifs is 1. The first kappa shape index (κ1) is 17.5. The van der Waals surface area contributed by atoms with Gasteiger partial charge in [0.25, 0.3) is 0 Å².